The molecule has 0 unspecified atom stereocenters. The number of carbonyl (C=O) groups is 1. The smallest absolute Gasteiger partial charge is 0.341 e. The lowest BCUT2D eigenvalue weighted by Crippen LogP contribution is -2.07. The molecule has 0 fully saturated rings. The number of carbonyl (C=O) groups excluding carboxylic acids is 1. The van der Waals surface area contributed by atoms with Crippen LogP contribution in [0.1, 0.15) is 16.1 Å². The molecule has 3 aromatic heterocycles. The molecule has 7 heteroatoms. The van der Waals surface area contributed by atoms with Gasteiger partial charge in [0.05, 0.1) is 11.3 Å². The molecule has 0 saturated heterocycles. The average molecular weight is 348 g/mol. The van der Waals surface area contributed by atoms with Gasteiger partial charge in [0.1, 0.15) is 16.6 Å². The van der Waals surface area contributed by atoms with Crippen molar-refractivity contribution in [2.45, 2.75) is 11.6 Å². The van der Waals surface area contributed by atoms with Gasteiger partial charge in [-0.2, -0.15) is 11.3 Å². The number of nitrogens with zero attached hydrogens (tertiary/aromatic N) is 2. The van der Waals surface area contributed by atoms with Crippen molar-refractivity contribution < 1.29 is 9.53 Å². The highest BCUT2D eigenvalue weighted by molar-refractivity contribution is 7.98. The second kappa shape index (κ2) is 7.04. The van der Waals surface area contributed by atoms with Gasteiger partial charge in [-0.3, -0.25) is 0 Å². The Bertz CT molecular complexity index is 769. The monoisotopic (exact) mass is 348 g/mol. The maximum Gasteiger partial charge on any atom is 0.341 e. The SMILES string of the molecule is CSc1ncccc1C(=O)OCc1csc(-c2ccsc2)n1. The zero-order valence-electron chi connectivity index (χ0n) is 11.7. The molecule has 0 saturated carbocycles. The van der Waals surface area contributed by atoms with Crippen LogP contribution in [-0.4, -0.2) is 22.2 Å². The molecule has 3 aromatic rings. The number of thiophene rings is 1. The predicted octanol–water partition coefficient (Wildman–Crippen LogP) is 4.35. The van der Waals surface area contributed by atoms with Gasteiger partial charge in [0.25, 0.3) is 0 Å². The second-order valence-electron chi connectivity index (χ2n) is 4.29. The first kappa shape index (κ1) is 15.2. The van der Waals surface area contributed by atoms with Gasteiger partial charge in [0, 0.05) is 22.5 Å². The minimum atomic E-state index is -0.373. The number of hydrogen-bond acceptors (Lipinski definition) is 7. The van der Waals surface area contributed by atoms with Crippen LogP contribution in [0.3, 0.4) is 0 Å². The molecule has 0 amide bonds. The van der Waals surface area contributed by atoms with Gasteiger partial charge in [-0.15, -0.1) is 23.1 Å². The maximum atomic E-state index is 12.1. The highest BCUT2D eigenvalue weighted by atomic mass is 32.2. The largest absolute Gasteiger partial charge is 0.455 e. The van der Waals surface area contributed by atoms with Crippen molar-refractivity contribution in [2.24, 2.45) is 0 Å². The minimum absolute atomic E-state index is 0.169. The van der Waals surface area contributed by atoms with Crippen LogP contribution in [0.25, 0.3) is 10.6 Å². The van der Waals surface area contributed by atoms with Gasteiger partial charge < -0.3 is 4.74 Å². The van der Waals surface area contributed by atoms with Crippen molar-refractivity contribution in [1.82, 2.24) is 9.97 Å². The Morgan fingerprint density at radius 3 is 3.05 bits per heavy atom. The first-order valence-electron chi connectivity index (χ1n) is 6.41. The van der Waals surface area contributed by atoms with Crippen LogP contribution in [0, 0.1) is 0 Å². The number of hydrogen-bond donors (Lipinski definition) is 0. The molecular formula is C15H12N2O2S3. The predicted molar refractivity (Wildman–Crippen MR) is 90.6 cm³/mol. The molecule has 0 N–H and O–H groups in total. The van der Waals surface area contributed by atoms with Gasteiger partial charge >= 0.3 is 5.97 Å². The lowest BCUT2D eigenvalue weighted by Gasteiger charge is -2.05. The molecule has 4 nitrogen and oxygen atoms in total. The Hall–Kier alpha value is -1.70. The highest BCUT2D eigenvalue weighted by Crippen LogP contribution is 2.26. The Morgan fingerprint density at radius 2 is 2.27 bits per heavy atom. The van der Waals surface area contributed by atoms with Crippen LogP contribution in [0.15, 0.2) is 45.6 Å². The Balaban J connectivity index is 1.66. The summed E-state index contributed by atoms with van der Waals surface area (Å²) in [7, 11) is 0. The molecule has 3 rings (SSSR count). The molecule has 0 aliphatic heterocycles. The summed E-state index contributed by atoms with van der Waals surface area (Å²) in [6.45, 7) is 0.169. The Kier molecular flexibility index (Phi) is 4.87. The van der Waals surface area contributed by atoms with Crippen molar-refractivity contribution in [1.29, 1.82) is 0 Å². The first-order chi connectivity index (χ1) is 10.8. The van der Waals surface area contributed by atoms with E-state index in [4.69, 9.17) is 4.74 Å². The third kappa shape index (κ3) is 3.37. The van der Waals surface area contributed by atoms with Gasteiger partial charge in [0.2, 0.25) is 0 Å². The normalized spacial score (nSPS) is 10.6. The van der Waals surface area contributed by atoms with Gasteiger partial charge in [-0.25, -0.2) is 14.8 Å². The zero-order valence-corrected chi connectivity index (χ0v) is 14.1. The Morgan fingerprint density at radius 1 is 1.36 bits per heavy atom. The summed E-state index contributed by atoms with van der Waals surface area (Å²) in [6, 6.07) is 5.48. The first-order valence-corrected chi connectivity index (χ1v) is 9.46. The van der Waals surface area contributed by atoms with Crippen molar-refractivity contribution in [3.05, 3.63) is 51.8 Å². The fourth-order valence-corrected chi connectivity index (χ4v) is 3.87. The summed E-state index contributed by atoms with van der Waals surface area (Å²) in [6.07, 6.45) is 3.54. The standard InChI is InChI=1S/C15H12N2O2S3/c1-20-14-12(3-2-5-16-14)15(18)19-7-11-9-22-13(17-11)10-4-6-21-8-10/h2-6,8-9H,7H2,1H3. The fourth-order valence-electron chi connectivity index (χ4n) is 1.82. The number of thioether (sulfide) groups is 1. The van der Waals surface area contributed by atoms with E-state index in [1.54, 1.807) is 41.0 Å². The van der Waals surface area contributed by atoms with Crippen LogP contribution in [0.2, 0.25) is 0 Å². The molecule has 0 aromatic carbocycles. The summed E-state index contributed by atoms with van der Waals surface area (Å²) >= 11 is 4.61. The topological polar surface area (TPSA) is 52.1 Å². The second-order valence-corrected chi connectivity index (χ2v) is 6.73. The summed E-state index contributed by atoms with van der Waals surface area (Å²) in [5, 5.41) is 7.60. The van der Waals surface area contributed by atoms with E-state index in [-0.39, 0.29) is 12.6 Å². The highest BCUT2D eigenvalue weighted by Gasteiger charge is 2.14. The van der Waals surface area contributed by atoms with Crippen LogP contribution in [0.5, 0.6) is 0 Å². The molecule has 0 aliphatic carbocycles. The van der Waals surface area contributed by atoms with Crippen LogP contribution in [-0.2, 0) is 11.3 Å². The van der Waals surface area contributed by atoms with E-state index < -0.39 is 0 Å². The molecule has 0 aliphatic rings. The van der Waals surface area contributed by atoms with E-state index in [0.717, 1.165) is 16.3 Å². The summed E-state index contributed by atoms with van der Waals surface area (Å²) in [5.74, 6) is -0.373. The number of rotatable bonds is 5. The molecule has 0 spiro atoms. The van der Waals surface area contributed by atoms with E-state index in [2.05, 4.69) is 15.3 Å². The van der Waals surface area contributed by atoms with E-state index >= 15 is 0 Å². The van der Waals surface area contributed by atoms with E-state index in [1.807, 2.05) is 23.1 Å². The number of thiazole rings is 1. The van der Waals surface area contributed by atoms with Crippen molar-refractivity contribution in [2.75, 3.05) is 6.26 Å². The molecule has 0 atom stereocenters. The van der Waals surface area contributed by atoms with Crippen LogP contribution in [0.4, 0.5) is 0 Å². The van der Waals surface area contributed by atoms with E-state index in [1.165, 1.54) is 11.8 Å². The number of ether oxygens (including phenoxy) is 1. The summed E-state index contributed by atoms with van der Waals surface area (Å²) < 4.78 is 5.34. The number of esters is 1. The van der Waals surface area contributed by atoms with Crippen molar-refractivity contribution in [3.63, 3.8) is 0 Å². The average Bonchev–Trinajstić information content (AvgIpc) is 3.23. The van der Waals surface area contributed by atoms with Crippen LogP contribution >= 0.6 is 34.4 Å². The third-order valence-electron chi connectivity index (χ3n) is 2.86. The quantitative estimate of drug-likeness (QED) is 0.507. The molecule has 22 heavy (non-hydrogen) atoms. The zero-order chi connectivity index (χ0) is 15.4. The van der Waals surface area contributed by atoms with Gasteiger partial charge in [0.15, 0.2) is 0 Å². The minimum Gasteiger partial charge on any atom is -0.455 e. The molecule has 112 valence electrons. The number of aromatic nitrogens is 2. The van der Waals surface area contributed by atoms with Crippen molar-refractivity contribution in [3.8, 4) is 10.6 Å². The van der Waals surface area contributed by atoms with Gasteiger partial charge in [-0.05, 0) is 29.8 Å². The molecule has 0 radical (unpaired) electrons. The Labute approximate surface area is 140 Å². The number of pyridine rings is 1. The summed E-state index contributed by atoms with van der Waals surface area (Å²) in [5.41, 5.74) is 2.35. The molecular weight excluding hydrogens is 336 g/mol. The maximum absolute atomic E-state index is 12.1. The van der Waals surface area contributed by atoms with Crippen LogP contribution < -0.4 is 0 Å². The molecule has 0 bridgehead atoms. The lowest BCUT2D eigenvalue weighted by molar-refractivity contribution is 0.0463. The third-order valence-corrected chi connectivity index (χ3v) is 5.19. The molecule has 3 heterocycles. The fraction of sp³-hybridized carbons (Fsp3) is 0.133. The van der Waals surface area contributed by atoms with Gasteiger partial charge in [-0.1, -0.05) is 0 Å². The van der Waals surface area contributed by atoms with E-state index in [0.29, 0.717) is 10.6 Å². The van der Waals surface area contributed by atoms with E-state index in [9.17, 15) is 4.79 Å². The summed E-state index contributed by atoms with van der Waals surface area (Å²) in [4.78, 5) is 20.8. The van der Waals surface area contributed by atoms with Crippen molar-refractivity contribution >= 4 is 40.4 Å². The lowest BCUT2D eigenvalue weighted by atomic mass is 10.3.